The Kier molecular flexibility index (Phi) is 23.9. The molecule has 0 saturated heterocycles. The van der Waals surface area contributed by atoms with Gasteiger partial charge in [0.2, 0.25) is 0 Å². The molecule has 1 amide bonds. The molecule has 2 aromatic carbocycles. The summed E-state index contributed by atoms with van der Waals surface area (Å²) >= 11 is 0. The number of carbonyl (C=O) groups excluding carboxylic acids is 2. The molecule has 0 aromatic heterocycles. The molecule has 6 nitrogen and oxygen atoms in total. The molecule has 0 aliphatic carbocycles. The molecule has 2 aromatic rings. The van der Waals surface area contributed by atoms with E-state index in [1.807, 2.05) is 14.1 Å². The second-order valence-corrected chi connectivity index (χ2v) is 6.10. The van der Waals surface area contributed by atoms with E-state index in [4.69, 9.17) is 0 Å². The monoisotopic (exact) mass is 417 g/mol. The minimum atomic E-state index is -0.586. The van der Waals surface area contributed by atoms with Crippen LogP contribution in [-0.4, -0.2) is 53.2 Å². The van der Waals surface area contributed by atoms with Crippen molar-refractivity contribution in [3.63, 3.8) is 0 Å². The fraction of sp³-hybridized carbons (Fsp3) is 0.417. The summed E-state index contributed by atoms with van der Waals surface area (Å²) in [5, 5.41) is 8.16. The summed E-state index contributed by atoms with van der Waals surface area (Å²) < 4.78 is 4.14. The third-order valence-corrected chi connectivity index (χ3v) is 3.23. The Hall–Kier alpha value is -2.70. The molecule has 2 rings (SSSR count). The van der Waals surface area contributed by atoms with Crippen LogP contribution in [0.4, 0.5) is 4.79 Å². The third kappa shape index (κ3) is 21.6. The maximum Gasteiger partial charge on any atom is 0.407 e. The Morgan fingerprint density at radius 2 is 1.27 bits per heavy atom. The van der Waals surface area contributed by atoms with Gasteiger partial charge in [-0.1, -0.05) is 80.9 Å². The van der Waals surface area contributed by atoms with E-state index in [9.17, 15) is 9.59 Å². The van der Waals surface area contributed by atoms with Gasteiger partial charge >= 0.3 is 6.09 Å². The van der Waals surface area contributed by atoms with Gasteiger partial charge in [0, 0.05) is 13.1 Å². The zero-order valence-electron chi connectivity index (χ0n) is 19.1. The van der Waals surface area contributed by atoms with Gasteiger partial charge in [0.15, 0.2) is 0 Å². The lowest BCUT2D eigenvalue weighted by Gasteiger charge is -2.00. The van der Waals surface area contributed by atoms with Gasteiger partial charge < -0.3 is 25.5 Å². The van der Waals surface area contributed by atoms with Gasteiger partial charge in [-0.3, -0.25) is 0 Å². The van der Waals surface area contributed by atoms with Crippen molar-refractivity contribution in [2.75, 3.05) is 40.8 Å². The number of nitrogens with one attached hydrogen (secondary N) is 3. The average molecular weight is 418 g/mol. The van der Waals surface area contributed by atoms with Crippen LogP contribution in [0, 0.1) is 0 Å². The normalized spacial score (nSPS) is 8.70. The molecule has 0 radical (unpaired) electrons. The predicted molar refractivity (Wildman–Crippen MR) is 126 cm³/mol. The van der Waals surface area contributed by atoms with Crippen molar-refractivity contribution in [2.45, 2.75) is 26.7 Å². The number of rotatable bonds is 7. The van der Waals surface area contributed by atoms with Gasteiger partial charge in [-0.2, -0.15) is 0 Å². The number of methoxy groups -OCH3 is 1. The molecule has 0 saturated carbocycles. The number of likely N-dealkylation sites (N-methyl/N-ethyl adjacent to an activating group) is 2. The number of ether oxygens (including phenoxy) is 1. The van der Waals surface area contributed by atoms with E-state index >= 15 is 0 Å². The van der Waals surface area contributed by atoms with E-state index in [-0.39, 0.29) is 6.54 Å². The summed E-state index contributed by atoms with van der Waals surface area (Å²) in [5.74, 6) is 0. The second-order valence-electron chi connectivity index (χ2n) is 6.10. The summed E-state index contributed by atoms with van der Waals surface area (Å²) in [6.45, 7) is 6.36. The number of alkyl carbamates (subject to hydrolysis) is 1. The van der Waals surface area contributed by atoms with E-state index in [0.717, 1.165) is 19.5 Å². The highest BCUT2D eigenvalue weighted by atomic mass is 16.5. The number of carbonyl (C=O) groups is 2. The standard InChI is InChI=1S/C13H12.C4H12N2.C4H7NO3.C3H8/c1-3-7-12(8-4-1)11-13-9-5-2-6-10-13;1-5-3-4-6-2;1-8-4(7)5-2-3-6;1-3-2/h1-10H,11H2;5-6H,3-4H2,1-2H3;3H,2H2,1H3,(H,5,7);3H2,1-2H3. The van der Waals surface area contributed by atoms with Crippen LogP contribution in [-0.2, 0) is 16.0 Å². The molecule has 0 heterocycles. The van der Waals surface area contributed by atoms with Crippen LogP contribution in [0.2, 0.25) is 0 Å². The lowest BCUT2D eigenvalue weighted by Crippen LogP contribution is -2.24. The topological polar surface area (TPSA) is 79.5 Å². The molecule has 0 aliphatic rings. The van der Waals surface area contributed by atoms with Gasteiger partial charge in [0.1, 0.15) is 6.29 Å². The van der Waals surface area contributed by atoms with Gasteiger partial charge in [-0.25, -0.2) is 4.79 Å². The summed E-state index contributed by atoms with van der Waals surface area (Å²) in [4.78, 5) is 19.6. The van der Waals surface area contributed by atoms with E-state index in [1.165, 1.54) is 24.7 Å². The number of benzene rings is 2. The first kappa shape index (κ1) is 29.5. The molecular formula is C24H39N3O3. The van der Waals surface area contributed by atoms with Crippen molar-refractivity contribution < 1.29 is 14.3 Å². The summed E-state index contributed by atoms with van der Waals surface area (Å²) in [7, 11) is 5.12. The fourth-order valence-corrected chi connectivity index (χ4v) is 1.87. The molecular weight excluding hydrogens is 378 g/mol. The van der Waals surface area contributed by atoms with Crippen molar-refractivity contribution in [3.8, 4) is 0 Å². The number of hydrogen-bond donors (Lipinski definition) is 3. The lowest BCUT2D eigenvalue weighted by atomic mass is 10.1. The zero-order chi connectivity index (χ0) is 22.9. The van der Waals surface area contributed by atoms with Crippen LogP contribution in [0.3, 0.4) is 0 Å². The molecule has 30 heavy (non-hydrogen) atoms. The Morgan fingerprint density at radius 3 is 1.57 bits per heavy atom. The minimum Gasteiger partial charge on any atom is -0.453 e. The molecule has 6 heteroatoms. The smallest absolute Gasteiger partial charge is 0.407 e. The van der Waals surface area contributed by atoms with Crippen molar-refractivity contribution in [2.24, 2.45) is 0 Å². The van der Waals surface area contributed by atoms with Crippen LogP contribution in [0.25, 0.3) is 0 Å². The largest absolute Gasteiger partial charge is 0.453 e. The molecule has 0 spiro atoms. The molecule has 0 unspecified atom stereocenters. The van der Waals surface area contributed by atoms with Crippen LogP contribution in [0.1, 0.15) is 31.4 Å². The van der Waals surface area contributed by atoms with Crippen molar-refractivity contribution >= 4 is 12.4 Å². The van der Waals surface area contributed by atoms with Crippen molar-refractivity contribution in [3.05, 3.63) is 71.8 Å². The second kappa shape index (κ2) is 24.3. The van der Waals surface area contributed by atoms with Crippen LogP contribution in [0.15, 0.2) is 60.7 Å². The van der Waals surface area contributed by atoms with Crippen molar-refractivity contribution in [1.29, 1.82) is 0 Å². The van der Waals surface area contributed by atoms with Gasteiger partial charge in [0.25, 0.3) is 0 Å². The van der Waals surface area contributed by atoms with Crippen molar-refractivity contribution in [1.82, 2.24) is 16.0 Å². The Labute approximate surface area is 182 Å². The highest BCUT2D eigenvalue weighted by Crippen LogP contribution is 2.07. The highest BCUT2D eigenvalue weighted by Gasteiger charge is 1.93. The van der Waals surface area contributed by atoms with E-state index in [1.54, 1.807) is 0 Å². The Morgan fingerprint density at radius 1 is 0.867 bits per heavy atom. The number of aldehydes is 1. The quantitative estimate of drug-likeness (QED) is 0.473. The first-order valence-electron chi connectivity index (χ1n) is 10.2. The Bertz CT molecular complexity index is 566. The number of hydrogen-bond acceptors (Lipinski definition) is 5. The van der Waals surface area contributed by atoms with E-state index in [2.05, 4.69) is 95.2 Å². The average Bonchev–Trinajstić information content (AvgIpc) is 2.79. The molecule has 0 fully saturated rings. The summed E-state index contributed by atoms with van der Waals surface area (Å²) in [6.07, 6.45) is 2.27. The van der Waals surface area contributed by atoms with Gasteiger partial charge in [-0.15, -0.1) is 0 Å². The Balaban J connectivity index is 0. The summed E-state index contributed by atoms with van der Waals surface area (Å²) in [5.41, 5.74) is 2.74. The maximum atomic E-state index is 10.1. The molecule has 0 atom stereocenters. The zero-order valence-corrected chi connectivity index (χ0v) is 19.1. The van der Waals surface area contributed by atoms with Crippen LogP contribution >= 0.6 is 0 Å². The minimum absolute atomic E-state index is 0.00662. The first-order chi connectivity index (χ1) is 14.6. The molecule has 0 aliphatic heterocycles. The van der Waals surface area contributed by atoms with Crippen LogP contribution < -0.4 is 16.0 Å². The lowest BCUT2D eigenvalue weighted by molar-refractivity contribution is -0.107. The van der Waals surface area contributed by atoms with E-state index < -0.39 is 6.09 Å². The molecule has 168 valence electrons. The molecule has 0 bridgehead atoms. The van der Waals surface area contributed by atoms with Gasteiger partial charge in [0.05, 0.1) is 13.7 Å². The van der Waals surface area contributed by atoms with Gasteiger partial charge in [-0.05, 0) is 31.6 Å². The SMILES string of the molecule is CCC.CNCCNC.COC(=O)NCC=O.c1ccc(Cc2ccccc2)cc1. The maximum absolute atomic E-state index is 10.1. The highest BCUT2D eigenvalue weighted by molar-refractivity contribution is 5.70. The van der Waals surface area contributed by atoms with Crippen LogP contribution in [0.5, 0.6) is 0 Å². The third-order valence-electron chi connectivity index (χ3n) is 3.23. The molecule has 3 N–H and O–H groups in total. The fourth-order valence-electron chi connectivity index (χ4n) is 1.87. The number of amides is 1. The first-order valence-corrected chi connectivity index (χ1v) is 10.2. The summed E-state index contributed by atoms with van der Waals surface area (Å²) in [6, 6.07) is 21.1. The van der Waals surface area contributed by atoms with E-state index in [0.29, 0.717) is 6.29 Å². The predicted octanol–water partition coefficient (Wildman–Crippen LogP) is 3.66.